The molecule has 0 saturated heterocycles. The molecule has 0 radical (unpaired) electrons. The fraction of sp³-hybridized carbons (Fsp3) is 0.167. The van der Waals surface area contributed by atoms with Gasteiger partial charge in [0.05, 0.1) is 23.0 Å². The maximum absolute atomic E-state index is 12.7. The van der Waals surface area contributed by atoms with E-state index in [0.717, 1.165) is 5.56 Å². The number of nitrogens with one attached hydrogen (secondary N) is 1. The Balaban J connectivity index is 1.82. The molecule has 0 aromatic heterocycles. The molecule has 154 valence electrons. The molecule has 0 heterocycles. The highest BCUT2D eigenvalue weighted by molar-refractivity contribution is 9.09. The van der Waals surface area contributed by atoms with Gasteiger partial charge in [-0.05, 0) is 29.8 Å². The van der Waals surface area contributed by atoms with E-state index in [1.165, 1.54) is 0 Å². The van der Waals surface area contributed by atoms with Gasteiger partial charge >= 0.3 is 5.97 Å². The SMILES string of the molecule is O=C(N[C@@H](CO)[C@@H](Br)[C@@H](OC(=O)c1ccccc1)c1ccccc1)c1ccccc1. The van der Waals surface area contributed by atoms with Crippen molar-refractivity contribution in [2.24, 2.45) is 0 Å². The van der Waals surface area contributed by atoms with E-state index >= 15 is 0 Å². The molecule has 0 fully saturated rings. The van der Waals surface area contributed by atoms with E-state index in [2.05, 4.69) is 21.2 Å². The van der Waals surface area contributed by atoms with Crippen LogP contribution in [0.5, 0.6) is 0 Å². The maximum Gasteiger partial charge on any atom is 0.338 e. The molecule has 0 aliphatic rings. The molecule has 1 amide bonds. The zero-order valence-corrected chi connectivity index (χ0v) is 17.7. The number of aliphatic hydroxyl groups is 1. The molecule has 5 nitrogen and oxygen atoms in total. The average Bonchev–Trinajstić information content (AvgIpc) is 2.82. The first-order valence-corrected chi connectivity index (χ1v) is 10.4. The van der Waals surface area contributed by atoms with E-state index in [-0.39, 0.29) is 12.5 Å². The normalized spacial score (nSPS) is 13.7. The Labute approximate surface area is 183 Å². The van der Waals surface area contributed by atoms with Gasteiger partial charge in [-0.1, -0.05) is 82.7 Å². The lowest BCUT2D eigenvalue weighted by Gasteiger charge is -2.29. The second-order valence-corrected chi connectivity index (χ2v) is 7.73. The van der Waals surface area contributed by atoms with Crippen molar-refractivity contribution in [3.63, 3.8) is 0 Å². The summed E-state index contributed by atoms with van der Waals surface area (Å²) in [4.78, 5) is 24.7. The molecule has 30 heavy (non-hydrogen) atoms. The molecule has 0 aliphatic carbocycles. The van der Waals surface area contributed by atoms with Crippen molar-refractivity contribution in [3.05, 3.63) is 108 Å². The van der Waals surface area contributed by atoms with Gasteiger partial charge in [-0.2, -0.15) is 0 Å². The number of hydrogen-bond acceptors (Lipinski definition) is 4. The van der Waals surface area contributed by atoms with Gasteiger partial charge < -0.3 is 15.2 Å². The van der Waals surface area contributed by atoms with Crippen LogP contribution in [0.25, 0.3) is 0 Å². The highest BCUT2D eigenvalue weighted by Gasteiger charge is 2.33. The lowest BCUT2D eigenvalue weighted by atomic mass is 10.0. The van der Waals surface area contributed by atoms with Gasteiger partial charge in [0.15, 0.2) is 0 Å². The number of ether oxygens (including phenoxy) is 1. The Hall–Kier alpha value is -2.96. The summed E-state index contributed by atoms with van der Waals surface area (Å²) in [5.41, 5.74) is 1.65. The minimum absolute atomic E-state index is 0.319. The standard InChI is InChI=1S/C24H22BrNO4/c25-21(20(16-27)26-23(28)18-12-6-2-7-13-18)22(17-10-4-1-5-11-17)30-24(29)19-14-8-3-9-15-19/h1-15,20-22,27H,16H2,(H,26,28)/t20-,21+,22-/m0/s1. The van der Waals surface area contributed by atoms with Crippen LogP contribution < -0.4 is 5.32 Å². The van der Waals surface area contributed by atoms with Gasteiger partial charge in [0.25, 0.3) is 5.91 Å². The summed E-state index contributed by atoms with van der Waals surface area (Å²) in [6.45, 7) is -0.333. The van der Waals surface area contributed by atoms with Crippen LogP contribution in [0.3, 0.4) is 0 Å². The summed E-state index contributed by atoms with van der Waals surface area (Å²) in [6, 6.07) is 26.0. The molecule has 2 N–H and O–H groups in total. The van der Waals surface area contributed by atoms with Crippen LogP contribution in [-0.4, -0.2) is 34.5 Å². The molecule has 0 unspecified atom stereocenters. The monoisotopic (exact) mass is 467 g/mol. The third-order valence-electron chi connectivity index (χ3n) is 4.59. The molecular formula is C24H22BrNO4. The summed E-state index contributed by atoms with van der Waals surface area (Å²) in [5.74, 6) is -0.805. The highest BCUT2D eigenvalue weighted by atomic mass is 79.9. The summed E-state index contributed by atoms with van der Waals surface area (Å²) in [5, 5.41) is 12.8. The Kier molecular flexibility index (Phi) is 7.76. The van der Waals surface area contributed by atoms with Crippen LogP contribution >= 0.6 is 15.9 Å². The minimum Gasteiger partial charge on any atom is -0.453 e. The van der Waals surface area contributed by atoms with Crippen LogP contribution in [0.4, 0.5) is 0 Å². The molecule has 3 rings (SSSR count). The quantitative estimate of drug-likeness (QED) is 0.385. The van der Waals surface area contributed by atoms with Crippen LogP contribution in [0.1, 0.15) is 32.4 Å². The Morgan fingerprint density at radius 1 is 0.833 bits per heavy atom. The Bertz CT molecular complexity index is 951. The number of rotatable bonds is 8. The number of amides is 1. The minimum atomic E-state index is -0.730. The molecule has 0 bridgehead atoms. The molecule has 3 atom stereocenters. The first-order chi connectivity index (χ1) is 14.6. The number of alkyl halides is 1. The van der Waals surface area contributed by atoms with E-state index in [1.54, 1.807) is 48.5 Å². The van der Waals surface area contributed by atoms with Crippen LogP contribution in [0, 0.1) is 0 Å². The van der Waals surface area contributed by atoms with Gasteiger partial charge in [0.1, 0.15) is 6.10 Å². The summed E-state index contributed by atoms with van der Waals surface area (Å²) < 4.78 is 5.81. The van der Waals surface area contributed by atoms with Crippen molar-refractivity contribution in [2.45, 2.75) is 17.0 Å². The average molecular weight is 468 g/mol. The molecule has 0 spiro atoms. The lowest BCUT2D eigenvalue weighted by molar-refractivity contribution is 0.0257. The molecule has 3 aromatic carbocycles. The summed E-state index contributed by atoms with van der Waals surface area (Å²) in [6.07, 6.45) is -0.730. The zero-order chi connectivity index (χ0) is 21.3. The number of benzene rings is 3. The molecule has 6 heteroatoms. The van der Waals surface area contributed by atoms with Gasteiger partial charge in [-0.25, -0.2) is 4.79 Å². The number of carbonyl (C=O) groups excluding carboxylic acids is 2. The summed E-state index contributed by atoms with van der Waals surface area (Å²) >= 11 is 3.56. The zero-order valence-electron chi connectivity index (χ0n) is 16.1. The van der Waals surface area contributed by atoms with Crippen molar-refractivity contribution in [2.75, 3.05) is 6.61 Å². The fourth-order valence-electron chi connectivity index (χ4n) is 3.00. The number of aliphatic hydroxyl groups excluding tert-OH is 1. The Morgan fingerprint density at radius 3 is 1.87 bits per heavy atom. The predicted molar refractivity (Wildman–Crippen MR) is 119 cm³/mol. The van der Waals surface area contributed by atoms with Crippen molar-refractivity contribution in [3.8, 4) is 0 Å². The predicted octanol–water partition coefficient (Wildman–Crippen LogP) is 4.14. The van der Waals surface area contributed by atoms with Crippen LogP contribution in [0.2, 0.25) is 0 Å². The van der Waals surface area contributed by atoms with E-state index < -0.39 is 22.9 Å². The topological polar surface area (TPSA) is 75.6 Å². The number of carbonyl (C=O) groups is 2. The first-order valence-electron chi connectivity index (χ1n) is 9.52. The van der Waals surface area contributed by atoms with Gasteiger partial charge in [0.2, 0.25) is 0 Å². The van der Waals surface area contributed by atoms with Gasteiger partial charge in [-0.3, -0.25) is 4.79 Å². The van der Waals surface area contributed by atoms with Crippen molar-refractivity contribution in [1.29, 1.82) is 0 Å². The molecule has 0 aliphatic heterocycles. The smallest absolute Gasteiger partial charge is 0.338 e. The van der Waals surface area contributed by atoms with Crippen molar-refractivity contribution >= 4 is 27.8 Å². The number of halogens is 1. The van der Waals surface area contributed by atoms with E-state index in [0.29, 0.717) is 11.1 Å². The Morgan fingerprint density at radius 2 is 1.33 bits per heavy atom. The van der Waals surface area contributed by atoms with Crippen LogP contribution in [0.15, 0.2) is 91.0 Å². The maximum atomic E-state index is 12.7. The van der Waals surface area contributed by atoms with E-state index in [4.69, 9.17) is 4.74 Å². The highest BCUT2D eigenvalue weighted by Crippen LogP contribution is 2.30. The third-order valence-corrected chi connectivity index (χ3v) is 5.71. The number of esters is 1. The summed E-state index contributed by atoms with van der Waals surface area (Å²) in [7, 11) is 0. The molecular weight excluding hydrogens is 446 g/mol. The second kappa shape index (κ2) is 10.7. The molecule has 0 saturated carbocycles. The lowest BCUT2D eigenvalue weighted by Crippen LogP contribution is -2.46. The molecule has 3 aromatic rings. The van der Waals surface area contributed by atoms with Gasteiger partial charge in [-0.15, -0.1) is 0 Å². The first kappa shape index (κ1) is 21.7. The van der Waals surface area contributed by atoms with Crippen molar-refractivity contribution in [1.82, 2.24) is 5.32 Å². The second-order valence-electron chi connectivity index (χ2n) is 6.68. The third kappa shape index (κ3) is 5.55. The van der Waals surface area contributed by atoms with Crippen molar-refractivity contribution < 1.29 is 19.4 Å². The van der Waals surface area contributed by atoms with E-state index in [1.807, 2.05) is 42.5 Å². The fourth-order valence-corrected chi connectivity index (χ4v) is 3.71. The van der Waals surface area contributed by atoms with E-state index in [9.17, 15) is 14.7 Å². The largest absolute Gasteiger partial charge is 0.453 e. The number of hydrogen-bond donors (Lipinski definition) is 2. The van der Waals surface area contributed by atoms with Gasteiger partial charge in [0, 0.05) is 5.56 Å². The van der Waals surface area contributed by atoms with Crippen LogP contribution in [-0.2, 0) is 4.74 Å².